The van der Waals surface area contributed by atoms with Gasteiger partial charge in [0.05, 0.1) is 13.2 Å². The van der Waals surface area contributed by atoms with Crippen LogP contribution in [0.3, 0.4) is 0 Å². The minimum atomic E-state index is -0.0589. The quantitative estimate of drug-likeness (QED) is 0.345. The molecule has 1 aromatic rings. The molecule has 1 amide bonds. The third kappa shape index (κ3) is 6.57. The molecule has 0 aliphatic rings. The van der Waals surface area contributed by atoms with Gasteiger partial charge in [0.1, 0.15) is 0 Å². The van der Waals surface area contributed by atoms with Crippen LogP contribution < -0.4 is 16.6 Å². The molecule has 6 heteroatoms. The zero-order valence-electron chi connectivity index (χ0n) is 12.8. The van der Waals surface area contributed by atoms with E-state index in [-0.39, 0.29) is 5.91 Å². The molecule has 0 aliphatic carbocycles. The van der Waals surface area contributed by atoms with Crippen LogP contribution in [0.2, 0.25) is 0 Å². The fourth-order valence-corrected chi connectivity index (χ4v) is 1.88. The highest BCUT2D eigenvalue weighted by molar-refractivity contribution is 5.96. The minimum Gasteiger partial charge on any atom is -0.382 e. The van der Waals surface area contributed by atoms with Gasteiger partial charge < -0.3 is 20.2 Å². The Morgan fingerprint density at radius 3 is 2.71 bits per heavy atom. The Hall–Kier alpha value is -1.63. The lowest BCUT2D eigenvalue weighted by Crippen LogP contribution is -2.25. The SMILES string of the molecule is COCCOCCCCNC(=O)c1ccc(NN)cc1C. The summed E-state index contributed by atoms with van der Waals surface area (Å²) in [6, 6.07) is 5.40. The number of amides is 1. The number of hydrogen-bond acceptors (Lipinski definition) is 5. The second kappa shape index (κ2) is 10.1. The molecular formula is C15H25N3O3. The topological polar surface area (TPSA) is 85.6 Å². The summed E-state index contributed by atoms with van der Waals surface area (Å²) in [5.74, 6) is 5.27. The number of rotatable bonds is 10. The lowest BCUT2D eigenvalue weighted by molar-refractivity contribution is 0.0686. The smallest absolute Gasteiger partial charge is 0.251 e. The number of carbonyl (C=O) groups excluding carboxylic acids is 1. The van der Waals surface area contributed by atoms with Crippen LogP contribution in [0.1, 0.15) is 28.8 Å². The number of nitrogens with one attached hydrogen (secondary N) is 2. The molecule has 0 aliphatic heterocycles. The van der Waals surface area contributed by atoms with Gasteiger partial charge in [-0.05, 0) is 43.5 Å². The maximum atomic E-state index is 12.0. The van der Waals surface area contributed by atoms with Crippen molar-refractivity contribution in [3.63, 3.8) is 0 Å². The highest BCUT2D eigenvalue weighted by Gasteiger charge is 2.08. The van der Waals surface area contributed by atoms with Crippen molar-refractivity contribution in [3.8, 4) is 0 Å². The van der Waals surface area contributed by atoms with Crippen LogP contribution in [0.5, 0.6) is 0 Å². The number of hydrogen-bond donors (Lipinski definition) is 3. The summed E-state index contributed by atoms with van der Waals surface area (Å²) >= 11 is 0. The van der Waals surface area contributed by atoms with Crippen LogP contribution in [-0.2, 0) is 9.47 Å². The lowest BCUT2D eigenvalue weighted by atomic mass is 10.1. The second-order valence-electron chi connectivity index (χ2n) is 4.74. The lowest BCUT2D eigenvalue weighted by Gasteiger charge is -2.09. The first kappa shape index (κ1) is 17.4. The number of carbonyl (C=O) groups is 1. The molecule has 6 nitrogen and oxygen atoms in total. The molecule has 21 heavy (non-hydrogen) atoms. The minimum absolute atomic E-state index is 0.0589. The predicted octanol–water partition coefficient (Wildman–Crippen LogP) is 1.45. The molecule has 1 rings (SSSR count). The Morgan fingerprint density at radius 1 is 1.24 bits per heavy atom. The van der Waals surface area contributed by atoms with Gasteiger partial charge in [-0.2, -0.15) is 0 Å². The van der Waals surface area contributed by atoms with Gasteiger partial charge in [0.2, 0.25) is 0 Å². The van der Waals surface area contributed by atoms with Crippen molar-refractivity contribution in [2.75, 3.05) is 38.9 Å². The Morgan fingerprint density at radius 2 is 2.05 bits per heavy atom. The summed E-state index contributed by atoms with van der Waals surface area (Å²) in [5.41, 5.74) is 4.92. The molecule has 4 N–H and O–H groups in total. The summed E-state index contributed by atoms with van der Waals surface area (Å²) in [6.45, 7) is 4.45. The molecule has 118 valence electrons. The van der Waals surface area contributed by atoms with E-state index in [9.17, 15) is 4.79 Å². The average Bonchev–Trinajstić information content (AvgIpc) is 2.49. The zero-order chi connectivity index (χ0) is 15.5. The molecular weight excluding hydrogens is 270 g/mol. The van der Waals surface area contributed by atoms with Gasteiger partial charge in [0.15, 0.2) is 0 Å². The monoisotopic (exact) mass is 295 g/mol. The summed E-state index contributed by atoms with van der Waals surface area (Å²) in [5, 5.41) is 2.91. The van der Waals surface area contributed by atoms with Crippen LogP contribution >= 0.6 is 0 Å². The van der Waals surface area contributed by atoms with Crippen molar-refractivity contribution in [1.29, 1.82) is 0 Å². The number of anilines is 1. The molecule has 0 unspecified atom stereocenters. The van der Waals surface area contributed by atoms with E-state index in [0.717, 1.165) is 24.1 Å². The Kier molecular flexibility index (Phi) is 8.42. The average molecular weight is 295 g/mol. The molecule has 0 spiro atoms. The number of methoxy groups -OCH3 is 1. The van der Waals surface area contributed by atoms with E-state index in [4.69, 9.17) is 15.3 Å². The van der Waals surface area contributed by atoms with Gasteiger partial charge in [0, 0.05) is 31.5 Å². The molecule has 0 saturated carbocycles. The number of nitrogens with two attached hydrogens (primary N) is 1. The Balaban J connectivity index is 2.22. The number of ether oxygens (including phenoxy) is 2. The molecule has 0 fully saturated rings. The van der Waals surface area contributed by atoms with E-state index in [1.165, 1.54) is 0 Å². The van der Waals surface area contributed by atoms with Crippen LogP contribution in [0.4, 0.5) is 5.69 Å². The fraction of sp³-hybridized carbons (Fsp3) is 0.533. The highest BCUT2D eigenvalue weighted by atomic mass is 16.5. The molecule has 0 bridgehead atoms. The molecule has 1 aromatic carbocycles. The standard InChI is InChI=1S/C15H25N3O3/c1-12-11-13(18-16)5-6-14(12)15(19)17-7-3-4-8-21-10-9-20-2/h5-6,11,18H,3-4,7-10,16H2,1-2H3,(H,17,19). The summed E-state index contributed by atoms with van der Waals surface area (Å²) in [6.07, 6.45) is 1.80. The maximum Gasteiger partial charge on any atom is 0.251 e. The van der Waals surface area contributed by atoms with Crippen molar-refractivity contribution in [3.05, 3.63) is 29.3 Å². The number of nitrogen functional groups attached to an aromatic ring is 1. The van der Waals surface area contributed by atoms with Gasteiger partial charge in [-0.15, -0.1) is 0 Å². The van der Waals surface area contributed by atoms with E-state index in [1.807, 2.05) is 13.0 Å². The van der Waals surface area contributed by atoms with E-state index in [0.29, 0.717) is 31.9 Å². The molecule has 0 aromatic heterocycles. The molecule has 0 atom stereocenters. The largest absolute Gasteiger partial charge is 0.382 e. The van der Waals surface area contributed by atoms with Gasteiger partial charge >= 0.3 is 0 Å². The van der Waals surface area contributed by atoms with Gasteiger partial charge in [-0.25, -0.2) is 0 Å². The van der Waals surface area contributed by atoms with Crippen molar-refractivity contribution in [2.24, 2.45) is 5.84 Å². The zero-order valence-corrected chi connectivity index (χ0v) is 12.8. The molecule has 0 saturated heterocycles. The third-order valence-electron chi connectivity index (χ3n) is 3.07. The van der Waals surface area contributed by atoms with Gasteiger partial charge in [0.25, 0.3) is 5.91 Å². The van der Waals surface area contributed by atoms with E-state index < -0.39 is 0 Å². The van der Waals surface area contributed by atoms with Crippen molar-refractivity contribution >= 4 is 11.6 Å². The van der Waals surface area contributed by atoms with Crippen molar-refractivity contribution in [1.82, 2.24) is 5.32 Å². The van der Waals surface area contributed by atoms with Crippen LogP contribution in [-0.4, -0.2) is 39.4 Å². The first-order chi connectivity index (χ1) is 10.2. The summed E-state index contributed by atoms with van der Waals surface area (Å²) in [4.78, 5) is 12.0. The third-order valence-corrected chi connectivity index (χ3v) is 3.07. The number of benzene rings is 1. The Labute approximate surface area is 126 Å². The van der Waals surface area contributed by atoms with Gasteiger partial charge in [-0.3, -0.25) is 10.6 Å². The van der Waals surface area contributed by atoms with E-state index >= 15 is 0 Å². The maximum absolute atomic E-state index is 12.0. The summed E-state index contributed by atoms with van der Waals surface area (Å²) in [7, 11) is 1.65. The first-order valence-corrected chi connectivity index (χ1v) is 7.11. The van der Waals surface area contributed by atoms with Crippen LogP contribution in [0.15, 0.2) is 18.2 Å². The summed E-state index contributed by atoms with van der Waals surface area (Å²) < 4.78 is 10.2. The molecule has 0 heterocycles. The van der Waals surface area contributed by atoms with E-state index in [1.54, 1.807) is 19.2 Å². The van der Waals surface area contributed by atoms with Gasteiger partial charge in [-0.1, -0.05) is 0 Å². The first-order valence-electron chi connectivity index (χ1n) is 7.11. The predicted molar refractivity (Wildman–Crippen MR) is 83.3 cm³/mol. The highest BCUT2D eigenvalue weighted by Crippen LogP contribution is 2.14. The van der Waals surface area contributed by atoms with Crippen LogP contribution in [0.25, 0.3) is 0 Å². The number of aryl methyl sites for hydroxylation is 1. The normalized spacial score (nSPS) is 10.4. The van der Waals surface area contributed by atoms with Crippen LogP contribution in [0, 0.1) is 6.92 Å². The molecule has 0 radical (unpaired) electrons. The van der Waals surface area contributed by atoms with Crippen molar-refractivity contribution in [2.45, 2.75) is 19.8 Å². The fourth-order valence-electron chi connectivity index (χ4n) is 1.88. The van der Waals surface area contributed by atoms with E-state index in [2.05, 4.69) is 10.7 Å². The Bertz CT molecular complexity index is 438. The van der Waals surface area contributed by atoms with Crippen molar-refractivity contribution < 1.29 is 14.3 Å². The number of hydrazine groups is 1. The second-order valence-corrected chi connectivity index (χ2v) is 4.74. The number of unbranched alkanes of at least 4 members (excludes halogenated alkanes) is 1.